The van der Waals surface area contributed by atoms with Crippen molar-refractivity contribution in [2.24, 2.45) is 0 Å². The van der Waals surface area contributed by atoms with Gasteiger partial charge in [0.15, 0.2) is 5.65 Å². The minimum absolute atomic E-state index is 0.205. The highest BCUT2D eigenvalue weighted by Gasteiger charge is 2.06. The van der Waals surface area contributed by atoms with Crippen LogP contribution in [0.5, 0.6) is 0 Å². The summed E-state index contributed by atoms with van der Waals surface area (Å²) in [4.78, 5) is 11.8. The Morgan fingerprint density at radius 1 is 1.11 bits per heavy atom. The zero-order valence-electron chi connectivity index (χ0n) is 9.83. The van der Waals surface area contributed by atoms with Crippen molar-refractivity contribution in [3.05, 3.63) is 57.6 Å². The number of aromatic nitrogens is 3. The first-order chi connectivity index (χ1) is 9.33. The minimum Gasteiger partial charge on any atom is -0.246 e. The Labute approximate surface area is 111 Å². The van der Waals surface area contributed by atoms with Gasteiger partial charge in [0.2, 0.25) is 0 Å². The second-order valence-electron chi connectivity index (χ2n) is 4.34. The van der Waals surface area contributed by atoms with Gasteiger partial charge in [-0.2, -0.15) is 16.4 Å². The molecular formula is C14H9N3OS. The lowest BCUT2D eigenvalue weighted by atomic mass is 10.1. The normalized spacial score (nSPS) is 11.4. The van der Waals surface area contributed by atoms with Crippen LogP contribution in [-0.2, 0) is 0 Å². The highest BCUT2D eigenvalue weighted by Crippen LogP contribution is 2.26. The van der Waals surface area contributed by atoms with E-state index in [1.54, 1.807) is 15.7 Å². The monoisotopic (exact) mass is 267 g/mol. The summed E-state index contributed by atoms with van der Waals surface area (Å²) in [5.74, 6) is 0. The van der Waals surface area contributed by atoms with Crippen LogP contribution in [0.25, 0.3) is 27.7 Å². The summed E-state index contributed by atoms with van der Waals surface area (Å²) in [7, 11) is 0. The van der Waals surface area contributed by atoms with Gasteiger partial charge in [-0.25, -0.2) is 14.3 Å². The highest BCUT2D eigenvalue weighted by atomic mass is 32.1. The molecule has 0 saturated heterocycles. The van der Waals surface area contributed by atoms with Crippen molar-refractivity contribution in [2.45, 2.75) is 0 Å². The predicted molar refractivity (Wildman–Crippen MR) is 76.6 cm³/mol. The van der Waals surface area contributed by atoms with Gasteiger partial charge in [0.1, 0.15) is 0 Å². The predicted octanol–water partition coefficient (Wildman–Crippen LogP) is 2.90. The van der Waals surface area contributed by atoms with E-state index < -0.39 is 0 Å². The van der Waals surface area contributed by atoms with Crippen molar-refractivity contribution in [1.82, 2.24) is 14.6 Å². The average molecular weight is 267 g/mol. The van der Waals surface area contributed by atoms with E-state index in [9.17, 15) is 4.79 Å². The molecule has 0 fully saturated rings. The van der Waals surface area contributed by atoms with Crippen LogP contribution < -0.4 is 5.69 Å². The van der Waals surface area contributed by atoms with Crippen LogP contribution in [0.1, 0.15) is 0 Å². The lowest BCUT2D eigenvalue weighted by Crippen LogP contribution is -2.09. The van der Waals surface area contributed by atoms with Crippen LogP contribution in [0.2, 0.25) is 0 Å². The van der Waals surface area contributed by atoms with Crippen molar-refractivity contribution in [2.75, 3.05) is 0 Å². The molecule has 5 heteroatoms. The first kappa shape index (κ1) is 10.5. The van der Waals surface area contributed by atoms with Gasteiger partial charge in [-0.3, -0.25) is 0 Å². The fourth-order valence-corrected chi connectivity index (χ4v) is 2.97. The molecule has 4 nitrogen and oxygen atoms in total. The number of nitrogens with one attached hydrogen (secondary N) is 1. The summed E-state index contributed by atoms with van der Waals surface area (Å²) in [6.45, 7) is 0. The average Bonchev–Trinajstić information content (AvgIpc) is 3.08. The van der Waals surface area contributed by atoms with Crippen molar-refractivity contribution in [3.63, 3.8) is 0 Å². The van der Waals surface area contributed by atoms with Gasteiger partial charge in [-0.15, -0.1) is 0 Å². The molecule has 0 atom stereocenters. The summed E-state index contributed by atoms with van der Waals surface area (Å²) in [5.41, 5.74) is 3.58. The molecule has 92 valence electrons. The van der Waals surface area contributed by atoms with E-state index in [-0.39, 0.29) is 5.69 Å². The van der Waals surface area contributed by atoms with E-state index in [2.05, 4.69) is 27.7 Å². The maximum Gasteiger partial charge on any atom is 0.348 e. The SMILES string of the molecule is O=c1[nH]nc2ccc3ccc(-c4ccsc4)cc3n12. The molecule has 3 heterocycles. The van der Waals surface area contributed by atoms with E-state index in [1.165, 1.54) is 5.56 Å². The van der Waals surface area contributed by atoms with Crippen LogP contribution in [0, 0.1) is 0 Å². The van der Waals surface area contributed by atoms with E-state index >= 15 is 0 Å². The first-order valence-electron chi connectivity index (χ1n) is 5.85. The molecule has 0 saturated carbocycles. The van der Waals surface area contributed by atoms with E-state index in [4.69, 9.17) is 0 Å². The standard InChI is InChI=1S/C14H9N3OS/c18-14-16-15-13-4-3-9-1-2-10(7-12(9)17(13)14)11-5-6-19-8-11/h1-8H,(H,16,18). The van der Waals surface area contributed by atoms with Crippen LogP contribution in [-0.4, -0.2) is 14.6 Å². The molecule has 1 N–H and O–H groups in total. The number of fused-ring (bicyclic) bond motifs is 3. The summed E-state index contributed by atoms with van der Waals surface area (Å²) in [6.07, 6.45) is 0. The Morgan fingerprint density at radius 2 is 2.00 bits per heavy atom. The Kier molecular flexibility index (Phi) is 2.10. The molecule has 1 aromatic carbocycles. The van der Waals surface area contributed by atoms with Gasteiger partial charge in [0.05, 0.1) is 5.52 Å². The first-order valence-corrected chi connectivity index (χ1v) is 6.80. The Morgan fingerprint density at radius 3 is 2.84 bits per heavy atom. The third kappa shape index (κ3) is 1.52. The number of thiophene rings is 1. The zero-order chi connectivity index (χ0) is 12.8. The van der Waals surface area contributed by atoms with Crippen LogP contribution in [0.15, 0.2) is 52.0 Å². The molecule has 3 aromatic heterocycles. The summed E-state index contributed by atoms with van der Waals surface area (Å²) >= 11 is 1.66. The number of benzene rings is 1. The van der Waals surface area contributed by atoms with Crippen molar-refractivity contribution >= 4 is 27.9 Å². The van der Waals surface area contributed by atoms with Crippen LogP contribution >= 0.6 is 11.3 Å². The molecule has 0 spiro atoms. The maximum absolute atomic E-state index is 11.8. The fraction of sp³-hybridized carbons (Fsp3) is 0. The topological polar surface area (TPSA) is 50.2 Å². The minimum atomic E-state index is -0.205. The number of pyridine rings is 1. The molecule has 0 aliphatic heterocycles. The molecule has 0 aliphatic carbocycles. The Hall–Kier alpha value is -2.40. The summed E-state index contributed by atoms with van der Waals surface area (Å²) in [6, 6.07) is 12.0. The second-order valence-corrected chi connectivity index (χ2v) is 5.12. The smallest absolute Gasteiger partial charge is 0.246 e. The summed E-state index contributed by atoms with van der Waals surface area (Å²) in [5, 5.41) is 11.6. The van der Waals surface area contributed by atoms with Crippen molar-refractivity contribution < 1.29 is 0 Å². The number of aromatic amines is 1. The number of H-pyrrole nitrogens is 1. The van der Waals surface area contributed by atoms with E-state index in [0.29, 0.717) is 5.65 Å². The Bertz CT molecular complexity index is 934. The lowest BCUT2D eigenvalue weighted by molar-refractivity contribution is 1.04. The maximum atomic E-state index is 11.8. The summed E-state index contributed by atoms with van der Waals surface area (Å²) < 4.78 is 1.60. The van der Waals surface area contributed by atoms with E-state index in [0.717, 1.165) is 16.5 Å². The molecular weight excluding hydrogens is 258 g/mol. The Balaban J connectivity index is 2.14. The number of rotatable bonds is 1. The van der Waals surface area contributed by atoms with Crippen molar-refractivity contribution in [1.29, 1.82) is 0 Å². The van der Waals surface area contributed by atoms with Gasteiger partial charge in [0, 0.05) is 0 Å². The third-order valence-electron chi connectivity index (χ3n) is 3.24. The molecule has 0 bridgehead atoms. The number of nitrogens with zero attached hydrogens (tertiary/aromatic N) is 2. The quantitative estimate of drug-likeness (QED) is 0.576. The molecule has 19 heavy (non-hydrogen) atoms. The van der Waals surface area contributed by atoms with Crippen LogP contribution in [0.4, 0.5) is 0 Å². The molecule has 4 rings (SSSR count). The van der Waals surface area contributed by atoms with Gasteiger partial charge >= 0.3 is 5.69 Å². The molecule has 0 radical (unpaired) electrons. The largest absolute Gasteiger partial charge is 0.348 e. The van der Waals surface area contributed by atoms with Gasteiger partial charge in [-0.05, 0) is 51.5 Å². The zero-order valence-corrected chi connectivity index (χ0v) is 10.6. The molecule has 0 unspecified atom stereocenters. The van der Waals surface area contributed by atoms with Crippen molar-refractivity contribution in [3.8, 4) is 11.1 Å². The second kappa shape index (κ2) is 3.80. The van der Waals surface area contributed by atoms with Gasteiger partial charge in [0.25, 0.3) is 0 Å². The number of hydrogen-bond acceptors (Lipinski definition) is 3. The van der Waals surface area contributed by atoms with Crippen LogP contribution in [0.3, 0.4) is 0 Å². The lowest BCUT2D eigenvalue weighted by Gasteiger charge is -2.03. The number of hydrogen-bond donors (Lipinski definition) is 1. The molecule has 4 aromatic rings. The molecule has 0 amide bonds. The van der Waals surface area contributed by atoms with Gasteiger partial charge in [-0.1, -0.05) is 12.1 Å². The van der Waals surface area contributed by atoms with E-state index in [1.807, 2.05) is 29.6 Å². The fourth-order valence-electron chi connectivity index (χ4n) is 2.30. The third-order valence-corrected chi connectivity index (χ3v) is 3.92. The molecule has 0 aliphatic rings. The van der Waals surface area contributed by atoms with Gasteiger partial charge < -0.3 is 0 Å². The highest BCUT2D eigenvalue weighted by molar-refractivity contribution is 7.08.